The highest BCUT2D eigenvalue weighted by molar-refractivity contribution is 9.10. The molecule has 0 saturated heterocycles. The summed E-state index contributed by atoms with van der Waals surface area (Å²) in [6, 6.07) is 3.78. The summed E-state index contributed by atoms with van der Waals surface area (Å²) in [6.45, 7) is 4.34. The van der Waals surface area contributed by atoms with Gasteiger partial charge in [-0.3, -0.25) is 0 Å². The molecule has 0 aliphatic heterocycles. The van der Waals surface area contributed by atoms with Gasteiger partial charge < -0.3 is 9.73 Å². The Morgan fingerprint density at radius 1 is 1.50 bits per heavy atom. The van der Waals surface area contributed by atoms with Crippen LogP contribution in [0.2, 0.25) is 0 Å². The molecule has 0 unspecified atom stereocenters. The lowest BCUT2D eigenvalue weighted by atomic mass is 10.4. The molecule has 16 heavy (non-hydrogen) atoms. The Hall–Kier alpha value is -1.14. The molecule has 0 aliphatic rings. The highest BCUT2D eigenvalue weighted by atomic mass is 79.9. The van der Waals surface area contributed by atoms with Crippen molar-refractivity contribution in [3.05, 3.63) is 34.5 Å². The predicted molar refractivity (Wildman–Crippen MR) is 62.9 cm³/mol. The zero-order valence-corrected chi connectivity index (χ0v) is 10.6. The molecule has 0 atom stereocenters. The van der Waals surface area contributed by atoms with Crippen LogP contribution in [0.3, 0.4) is 0 Å². The van der Waals surface area contributed by atoms with E-state index in [0.717, 1.165) is 29.2 Å². The number of nitrogens with zero attached hydrogens (tertiary/aromatic N) is 3. The lowest BCUT2D eigenvalue weighted by molar-refractivity contribution is 0.459. The fourth-order valence-electron chi connectivity index (χ4n) is 1.35. The van der Waals surface area contributed by atoms with E-state index in [9.17, 15) is 0 Å². The van der Waals surface area contributed by atoms with Crippen molar-refractivity contribution in [1.29, 1.82) is 0 Å². The summed E-state index contributed by atoms with van der Waals surface area (Å²) in [5.41, 5.74) is 0.937. The molecule has 86 valence electrons. The standard InChI is InChI=1S/C10H13BrN4O/c1-2-12-5-8-6-15(14-13-8)7-9-3-4-10(11)16-9/h3-4,6,12H,2,5,7H2,1H3. The zero-order valence-electron chi connectivity index (χ0n) is 8.98. The maximum absolute atomic E-state index is 5.39. The third kappa shape index (κ3) is 2.93. The molecule has 2 rings (SSSR count). The average Bonchev–Trinajstić information content (AvgIpc) is 2.86. The van der Waals surface area contributed by atoms with Gasteiger partial charge in [-0.1, -0.05) is 12.1 Å². The molecule has 2 aromatic heterocycles. The van der Waals surface area contributed by atoms with Crippen LogP contribution in [0.25, 0.3) is 0 Å². The Balaban J connectivity index is 1.97. The first-order valence-electron chi connectivity index (χ1n) is 5.12. The number of aromatic nitrogens is 3. The molecule has 0 bridgehead atoms. The van der Waals surface area contributed by atoms with Crippen molar-refractivity contribution < 1.29 is 4.42 Å². The minimum atomic E-state index is 0.602. The Bertz CT molecular complexity index is 451. The lowest BCUT2D eigenvalue weighted by Crippen LogP contribution is -2.11. The van der Waals surface area contributed by atoms with E-state index in [1.165, 1.54) is 0 Å². The summed E-state index contributed by atoms with van der Waals surface area (Å²) in [6.07, 6.45) is 1.92. The van der Waals surface area contributed by atoms with Crippen LogP contribution in [0.4, 0.5) is 0 Å². The van der Waals surface area contributed by atoms with Gasteiger partial charge in [-0.25, -0.2) is 4.68 Å². The van der Waals surface area contributed by atoms with Gasteiger partial charge >= 0.3 is 0 Å². The minimum absolute atomic E-state index is 0.602. The van der Waals surface area contributed by atoms with Crippen molar-refractivity contribution in [2.75, 3.05) is 6.54 Å². The van der Waals surface area contributed by atoms with Gasteiger partial charge in [0.05, 0.1) is 11.9 Å². The highest BCUT2D eigenvalue weighted by Gasteiger charge is 2.03. The van der Waals surface area contributed by atoms with Gasteiger partial charge in [-0.2, -0.15) is 0 Å². The van der Waals surface area contributed by atoms with E-state index in [4.69, 9.17) is 4.42 Å². The molecule has 0 fully saturated rings. The van der Waals surface area contributed by atoms with Crippen molar-refractivity contribution in [2.45, 2.75) is 20.0 Å². The van der Waals surface area contributed by atoms with Crippen molar-refractivity contribution in [3.63, 3.8) is 0 Å². The number of hydrogen-bond donors (Lipinski definition) is 1. The van der Waals surface area contributed by atoms with Crippen LogP contribution in [0.5, 0.6) is 0 Å². The third-order valence-electron chi connectivity index (χ3n) is 2.09. The second-order valence-electron chi connectivity index (χ2n) is 3.39. The fourth-order valence-corrected chi connectivity index (χ4v) is 1.69. The van der Waals surface area contributed by atoms with Crippen LogP contribution in [0.15, 0.2) is 27.4 Å². The fraction of sp³-hybridized carbons (Fsp3) is 0.400. The summed E-state index contributed by atoms with van der Waals surface area (Å²) in [5.74, 6) is 0.853. The maximum atomic E-state index is 5.39. The van der Waals surface area contributed by atoms with Gasteiger partial charge in [0, 0.05) is 6.54 Å². The Morgan fingerprint density at radius 2 is 2.38 bits per heavy atom. The molecule has 2 aromatic rings. The van der Waals surface area contributed by atoms with Crippen LogP contribution in [-0.2, 0) is 13.1 Å². The second kappa shape index (κ2) is 5.27. The summed E-state index contributed by atoms with van der Waals surface area (Å²) in [5, 5.41) is 11.3. The predicted octanol–water partition coefficient (Wildman–Crippen LogP) is 1.79. The first kappa shape index (κ1) is 11.3. The number of hydrogen-bond acceptors (Lipinski definition) is 4. The van der Waals surface area contributed by atoms with E-state index < -0.39 is 0 Å². The van der Waals surface area contributed by atoms with E-state index in [1.54, 1.807) is 4.68 Å². The Morgan fingerprint density at radius 3 is 3.06 bits per heavy atom. The molecular weight excluding hydrogens is 272 g/mol. The molecule has 5 nitrogen and oxygen atoms in total. The molecule has 1 N–H and O–H groups in total. The Kier molecular flexibility index (Phi) is 3.74. The molecule has 0 aromatic carbocycles. The molecule has 2 heterocycles. The second-order valence-corrected chi connectivity index (χ2v) is 4.18. The van der Waals surface area contributed by atoms with Crippen LogP contribution >= 0.6 is 15.9 Å². The number of furan rings is 1. The van der Waals surface area contributed by atoms with Crippen LogP contribution < -0.4 is 5.32 Å². The van der Waals surface area contributed by atoms with E-state index >= 15 is 0 Å². The number of halogens is 1. The number of rotatable bonds is 5. The zero-order chi connectivity index (χ0) is 11.4. The van der Waals surface area contributed by atoms with Crippen LogP contribution in [0.1, 0.15) is 18.4 Å². The summed E-state index contributed by atoms with van der Waals surface area (Å²) in [4.78, 5) is 0. The summed E-state index contributed by atoms with van der Waals surface area (Å²) >= 11 is 3.26. The SMILES string of the molecule is CCNCc1cn(Cc2ccc(Br)o2)nn1. The van der Waals surface area contributed by atoms with E-state index in [2.05, 4.69) is 38.5 Å². The van der Waals surface area contributed by atoms with Gasteiger partial charge in [0.1, 0.15) is 12.3 Å². The maximum Gasteiger partial charge on any atom is 0.169 e. The van der Waals surface area contributed by atoms with Gasteiger partial charge in [-0.15, -0.1) is 5.10 Å². The average molecular weight is 285 g/mol. The minimum Gasteiger partial charge on any atom is -0.452 e. The van der Waals surface area contributed by atoms with Gasteiger partial charge in [0.2, 0.25) is 0 Å². The monoisotopic (exact) mass is 284 g/mol. The number of nitrogens with one attached hydrogen (secondary N) is 1. The van der Waals surface area contributed by atoms with Crippen LogP contribution in [0, 0.1) is 0 Å². The Labute approximate surface area is 102 Å². The third-order valence-corrected chi connectivity index (χ3v) is 2.52. The highest BCUT2D eigenvalue weighted by Crippen LogP contribution is 2.14. The van der Waals surface area contributed by atoms with Crippen LogP contribution in [-0.4, -0.2) is 21.5 Å². The molecular formula is C10H13BrN4O. The molecule has 0 aliphatic carbocycles. The lowest BCUT2D eigenvalue weighted by Gasteiger charge is -1.96. The first-order valence-corrected chi connectivity index (χ1v) is 5.91. The van der Waals surface area contributed by atoms with Crippen molar-refractivity contribution in [3.8, 4) is 0 Å². The van der Waals surface area contributed by atoms with Crippen molar-refractivity contribution in [2.24, 2.45) is 0 Å². The van der Waals surface area contributed by atoms with E-state index in [0.29, 0.717) is 6.54 Å². The molecule has 6 heteroatoms. The van der Waals surface area contributed by atoms with Gasteiger partial charge in [0.25, 0.3) is 0 Å². The quantitative estimate of drug-likeness (QED) is 0.910. The van der Waals surface area contributed by atoms with Gasteiger partial charge in [-0.05, 0) is 34.6 Å². The normalized spacial score (nSPS) is 10.9. The first-order chi connectivity index (χ1) is 7.78. The molecule has 0 radical (unpaired) electrons. The van der Waals surface area contributed by atoms with Crippen molar-refractivity contribution >= 4 is 15.9 Å². The topological polar surface area (TPSA) is 55.9 Å². The summed E-state index contributed by atoms with van der Waals surface area (Å²) < 4.78 is 7.88. The van der Waals surface area contributed by atoms with Gasteiger partial charge in [0.15, 0.2) is 4.67 Å². The molecule has 0 spiro atoms. The van der Waals surface area contributed by atoms with E-state index in [-0.39, 0.29) is 0 Å². The molecule has 0 amide bonds. The van der Waals surface area contributed by atoms with E-state index in [1.807, 2.05) is 18.3 Å². The largest absolute Gasteiger partial charge is 0.452 e. The molecule has 0 saturated carbocycles. The smallest absolute Gasteiger partial charge is 0.169 e. The van der Waals surface area contributed by atoms with Crippen molar-refractivity contribution in [1.82, 2.24) is 20.3 Å². The summed E-state index contributed by atoms with van der Waals surface area (Å²) in [7, 11) is 0.